The number of morpholine rings is 1. The Kier molecular flexibility index (Phi) is 5.81. The molecule has 0 aromatic carbocycles. The first kappa shape index (κ1) is 19.1. The largest absolute Gasteiger partial charge is 0.397 e. The predicted octanol–water partition coefficient (Wildman–Crippen LogP) is 1.31. The molecule has 0 radical (unpaired) electrons. The SMILES string of the molecule is Cn1c(CN2CCOCC2)nnc1C1CCN(C(=O)CC(F)(F)F)CC1. The van der Waals surface area contributed by atoms with Crippen LogP contribution in [-0.2, 0) is 23.1 Å². The summed E-state index contributed by atoms with van der Waals surface area (Å²) in [4.78, 5) is 15.3. The Balaban J connectivity index is 1.55. The van der Waals surface area contributed by atoms with Gasteiger partial charge >= 0.3 is 6.18 Å². The fourth-order valence-electron chi connectivity index (χ4n) is 3.50. The first-order valence-electron chi connectivity index (χ1n) is 8.86. The highest BCUT2D eigenvalue weighted by molar-refractivity contribution is 5.76. The van der Waals surface area contributed by atoms with Crippen LogP contribution in [0.4, 0.5) is 13.2 Å². The summed E-state index contributed by atoms with van der Waals surface area (Å²) >= 11 is 0. The summed E-state index contributed by atoms with van der Waals surface area (Å²) < 4.78 is 44.4. The predicted molar refractivity (Wildman–Crippen MR) is 86.3 cm³/mol. The number of hydrogen-bond acceptors (Lipinski definition) is 5. The fraction of sp³-hybridized carbons (Fsp3) is 0.812. The van der Waals surface area contributed by atoms with E-state index in [0.717, 1.165) is 38.0 Å². The molecule has 7 nitrogen and oxygen atoms in total. The first-order valence-corrected chi connectivity index (χ1v) is 8.86. The highest BCUT2D eigenvalue weighted by Gasteiger charge is 2.35. The Bertz CT molecular complexity index is 620. The van der Waals surface area contributed by atoms with Gasteiger partial charge in [0.1, 0.15) is 18.1 Å². The molecule has 0 unspecified atom stereocenters. The normalized spacial score (nSPS) is 20.5. The second-order valence-electron chi connectivity index (χ2n) is 6.87. The summed E-state index contributed by atoms with van der Waals surface area (Å²) in [6, 6.07) is 0. The van der Waals surface area contributed by atoms with Crippen molar-refractivity contribution in [2.24, 2.45) is 7.05 Å². The van der Waals surface area contributed by atoms with Gasteiger partial charge in [0.25, 0.3) is 0 Å². The number of halogens is 3. The molecule has 10 heteroatoms. The zero-order chi connectivity index (χ0) is 18.7. The minimum atomic E-state index is -4.45. The van der Waals surface area contributed by atoms with Crippen molar-refractivity contribution in [3.63, 3.8) is 0 Å². The van der Waals surface area contributed by atoms with Gasteiger partial charge in [-0.05, 0) is 12.8 Å². The highest BCUT2D eigenvalue weighted by atomic mass is 19.4. The number of hydrogen-bond donors (Lipinski definition) is 0. The molecular formula is C16H24F3N5O2. The van der Waals surface area contributed by atoms with E-state index in [1.807, 2.05) is 11.6 Å². The monoisotopic (exact) mass is 375 g/mol. The minimum absolute atomic E-state index is 0.112. The third-order valence-electron chi connectivity index (χ3n) is 5.03. The van der Waals surface area contributed by atoms with Crippen molar-refractivity contribution in [2.75, 3.05) is 39.4 Å². The van der Waals surface area contributed by atoms with E-state index < -0.39 is 18.5 Å². The Morgan fingerprint density at radius 1 is 1.15 bits per heavy atom. The number of carbonyl (C=O) groups is 1. The first-order chi connectivity index (χ1) is 12.3. The molecule has 3 heterocycles. The molecule has 2 fully saturated rings. The Labute approximate surface area is 150 Å². The van der Waals surface area contributed by atoms with Gasteiger partial charge in [0.15, 0.2) is 0 Å². The van der Waals surface area contributed by atoms with Crippen molar-refractivity contribution >= 4 is 5.91 Å². The number of aromatic nitrogens is 3. The van der Waals surface area contributed by atoms with Crippen LogP contribution in [0.1, 0.15) is 36.8 Å². The van der Waals surface area contributed by atoms with Gasteiger partial charge in [0, 0.05) is 39.1 Å². The third-order valence-corrected chi connectivity index (χ3v) is 5.03. The zero-order valence-electron chi connectivity index (χ0n) is 14.8. The average molecular weight is 375 g/mol. The lowest BCUT2D eigenvalue weighted by Gasteiger charge is -2.32. The zero-order valence-corrected chi connectivity index (χ0v) is 14.8. The van der Waals surface area contributed by atoms with Gasteiger partial charge in [0.2, 0.25) is 5.91 Å². The van der Waals surface area contributed by atoms with Crippen molar-refractivity contribution in [1.29, 1.82) is 0 Å². The van der Waals surface area contributed by atoms with Crippen LogP contribution in [-0.4, -0.2) is 76.0 Å². The van der Waals surface area contributed by atoms with Crippen LogP contribution in [0.5, 0.6) is 0 Å². The molecule has 146 valence electrons. The maximum absolute atomic E-state index is 12.4. The van der Waals surface area contributed by atoms with Crippen LogP contribution in [0.3, 0.4) is 0 Å². The maximum Gasteiger partial charge on any atom is 0.397 e. The number of nitrogens with zero attached hydrogens (tertiary/aromatic N) is 5. The number of ether oxygens (including phenoxy) is 1. The van der Waals surface area contributed by atoms with Crippen LogP contribution in [0.15, 0.2) is 0 Å². The van der Waals surface area contributed by atoms with Crippen LogP contribution in [0.2, 0.25) is 0 Å². The van der Waals surface area contributed by atoms with Crippen molar-refractivity contribution < 1.29 is 22.7 Å². The lowest BCUT2D eigenvalue weighted by atomic mass is 9.95. The van der Waals surface area contributed by atoms with Crippen molar-refractivity contribution in [1.82, 2.24) is 24.6 Å². The number of amides is 1. The van der Waals surface area contributed by atoms with E-state index in [9.17, 15) is 18.0 Å². The van der Waals surface area contributed by atoms with Crippen LogP contribution in [0, 0.1) is 0 Å². The standard InChI is InChI=1S/C16H24F3N5O2/c1-22-13(11-23-6-8-26-9-7-23)20-21-15(22)12-2-4-24(5-3-12)14(25)10-16(17,18)19/h12H,2-11H2,1H3. The van der Waals surface area contributed by atoms with E-state index in [1.54, 1.807) is 0 Å². The van der Waals surface area contributed by atoms with E-state index in [0.29, 0.717) is 32.5 Å². The number of alkyl halides is 3. The minimum Gasteiger partial charge on any atom is -0.379 e. The molecule has 1 aromatic rings. The molecule has 0 bridgehead atoms. The van der Waals surface area contributed by atoms with E-state index >= 15 is 0 Å². The third kappa shape index (κ3) is 4.73. The molecule has 1 aromatic heterocycles. The molecule has 2 saturated heterocycles. The Hall–Kier alpha value is -1.68. The summed E-state index contributed by atoms with van der Waals surface area (Å²) in [5.74, 6) is 0.983. The fourth-order valence-corrected chi connectivity index (χ4v) is 3.50. The van der Waals surface area contributed by atoms with Crippen molar-refractivity contribution in [3.05, 3.63) is 11.6 Å². The molecule has 3 rings (SSSR count). The van der Waals surface area contributed by atoms with Gasteiger partial charge < -0.3 is 14.2 Å². The second-order valence-corrected chi connectivity index (χ2v) is 6.87. The summed E-state index contributed by atoms with van der Waals surface area (Å²) in [6.45, 7) is 4.51. The Morgan fingerprint density at radius 2 is 1.81 bits per heavy atom. The van der Waals surface area contributed by atoms with E-state index in [-0.39, 0.29) is 5.92 Å². The summed E-state index contributed by atoms with van der Waals surface area (Å²) in [7, 11) is 1.92. The average Bonchev–Trinajstić information content (AvgIpc) is 2.95. The smallest absolute Gasteiger partial charge is 0.379 e. The molecular weight excluding hydrogens is 351 g/mol. The lowest BCUT2D eigenvalue weighted by molar-refractivity contribution is -0.162. The molecule has 0 spiro atoms. The van der Waals surface area contributed by atoms with Gasteiger partial charge in [-0.1, -0.05) is 0 Å². The number of likely N-dealkylation sites (tertiary alicyclic amines) is 1. The van der Waals surface area contributed by atoms with Crippen LogP contribution < -0.4 is 0 Å². The molecule has 0 N–H and O–H groups in total. The van der Waals surface area contributed by atoms with Gasteiger partial charge in [-0.15, -0.1) is 10.2 Å². The number of rotatable bonds is 4. The second kappa shape index (κ2) is 7.91. The molecule has 1 amide bonds. The molecule has 0 saturated carbocycles. The van der Waals surface area contributed by atoms with E-state index in [1.165, 1.54) is 4.90 Å². The molecule has 2 aliphatic heterocycles. The van der Waals surface area contributed by atoms with Crippen LogP contribution >= 0.6 is 0 Å². The highest BCUT2D eigenvalue weighted by Crippen LogP contribution is 2.29. The van der Waals surface area contributed by atoms with Crippen molar-refractivity contribution in [2.45, 2.75) is 37.9 Å². The molecule has 0 atom stereocenters. The molecule has 2 aliphatic rings. The topological polar surface area (TPSA) is 63.5 Å². The number of carbonyl (C=O) groups excluding carboxylic acids is 1. The van der Waals surface area contributed by atoms with Gasteiger partial charge in [-0.3, -0.25) is 9.69 Å². The van der Waals surface area contributed by atoms with Crippen molar-refractivity contribution in [3.8, 4) is 0 Å². The summed E-state index contributed by atoms with van der Waals surface area (Å²) in [5.41, 5.74) is 0. The van der Waals surface area contributed by atoms with Gasteiger partial charge in [0.05, 0.1) is 19.8 Å². The van der Waals surface area contributed by atoms with E-state index in [4.69, 9.17) is 4.74 Å². The van der Waals surface area contributed by atoms with Crippen LogP contribution in [0.25, 0.3) is 0 Å². The number of piperidine rings is 1. The lowest BCUT2D eigenvalue weighted by Crippen LogP contribution is -2.40. The summed E-state index contributed by atoms with van der Waals surface area (Å²) in [6.07, 6.45) is -4.63. The van der Waals surface area contributed by atoms with E-state index in [2.05, 4.69) is 15.1 Å². The Morgan fingerprint density at radius 3 is 2.42 bits per heavy atom. The molecule has 0 aliphatic carbocycles. The maximum atomic E-state index is 12.4. The molecule has 26 heavy (non-hydrogen) atoms. The quantitative estimate of drug-likeness (QED) is 0.794. The summed E-state index contributed by atoms with van der Waals surface area (Å²) in [5, 5.41) is 8.59. The van der Waals surface area contributed by atoms with Gasteiger partial charge in [-0.2, -0.15) is 13.2 Å². The van der Waals surface area contributed by atoms with Gasteiger partial charge in [-0.25, -0.2) is 0 Å².